The maximum atomic E-state index is 13.6. The average molecular weight is 371 g/mol. The second kappa shape index (κ2) is 7.69. The molecule has 2 heterocycles. The third kappa shape index (κ3) is 4.05. The Labute approximate surface area is 157 Å². The van der Waals surface area contributed by atoms with Gasteiger partial charge in [-0.2, -0.15) is 10.2 Å². The van der Waals surface area contributed by atoms with Crippen LogP contribution in [-0.2, 0) is 4.79 Å². The fourth-order valence-electron chi connectivity index (χ4n) is 3.35. The Morgan fingerprint density at radius 3 is 2.52 bits per heavy atom. The molecular weight excluding hydrogens is 349 g/mol. The second-order valence-electron chi connectivity index (χ2n) is 6.84. The first kappa shape index (κ1) is 18.8. The number of hydrogen-bond acceptors (Lipinski definition) is 5. The molecule has 1 aromatic carbocycles. The van der Waals surface area contributed by atoms with Crippen LogP contribution in [0.4, 0.5) is 10.1 Å². The number of aromatic nitrogens is 2. The molecule has 0 aliphatic carbocycles. The van der Waals surface area contributed by atoms with E-state index in [0.29, 0.717) is 37.2 Å². The Hall–Kier alpha value is -3.03. The van der Waals surface area contributed by atoms with Crippen LogP contribution in [0.1, 0.15) is 23.2 Å². The van der Waals surface area contributed by atoms with Gasteiger partial charge in [-0.1, -0.05) is 6.07 Å². The van der Waals surface area contributed by atoms with Crippen LogP contribution in [0.25, 0.3) is 0 Å². The number of carbonyl (C=O) groups excluding carboxylic acids is 2. The first-order chi connectivity index (χ1) is 12.9. The molecule has 3 rings (SSSR count). The van der Waals surface area contributed by atoms with Gasteiger partial charge in [0.2, 0.25) is 5.91 Å². The highest BCUT2D eigenvalue weighted by atomic mass is 19.1. The summed E-state index contributed by atoms with van der Waals surface area (Å²) >= 11 is 0. The second-order valence-corrected chi connectivity index (χ2v) is 6.84. The number of piperidine rings is 1. The zero-order valence-corrected chi connectivity index (χ0v) is 15.4. The van der Waals surface area contributed by atoms with E-state index in [2.05, 4.69) is 15.5 Å². The SMILES string of the molecule is CN(C)C(=O)C1(Nc2cccc(F)c2)CCN(C(=O)c2ccnnc2)CC1. The summed E-state index contributed by atoms with van der Waals surface area (Å²) in [7, 11) is 3.38. The number of rotatable bonds is 4. The fourth-order valence-corrected chi connectivity index (χ4v) is 3.35. The summed E-state index contributed by atoms with van der Waals surface area (Å²) in [5, 5.41) is 10.6. The minimum Gasteiger partial charge on any atom is -0.371 e. The maximum Gasteiger partial charge on any atom is 0.255 e. The summed E-state index contributed by atoms with van der Waals surface area (Å²) < 4.78 is 13.6. The Morgan fingerprint density at radius 2 is 1.93 bits per heavy atom. The van der Waals surface area contributed by atoms with Gasteiger partial charge in [-0.3, -0.25) is 9.59 Å². The van der Waals surface area contributed by atoms with Crippen molar-refractivity contribution >= 4 is 17.5 Å². The molecule has 0 saturated carbocycles. The number of anilines is 1. The van der Waals surface area contributed by atoms with Gasteiger partial charge >= 0.3 is 0 Å². The summed E-state index contributed by atoms with van der Waals surface area (Å²) in [5.74, 6) is -0.601. The molecule has 0 atom stereocenters. The van der Waals surface area contributed by atoms with E-state index >= 15 is 0 Å². The van der Waals surface area contributed by atoms with E-state index in [-0.39, 0.29) is 17.6 Å². The van der Waals surface area contributed by atoms with Crippen molar-refractivity contribution < 1.29 is 14.0 Å². The standard InChI is InChI=1S/C19H22FN5O2/c1-24(2)18(27)19(23-16-5-3-4-15(20)12-16)7-10-25(11-8-19)17(26)14-6-9-21-22-13-14/h3-6,9,12-13,23H,7-8,10-11H2,1-2H3. The van der Waals surface area contributed by atoms with Gasteiger partial charge in [-0.25, -0.2) is 4.39 Å². The zero-order valence-electron chi connectivity index (χ0n) is 15.4. The van der Waals surface area contributed by atoms with Crippen LogP contribution in [0.5, 0.6) is 0 Å². The van der Waals surface area contributed by atoms with Crippen molar-refractivity contribution in [3.63, 3.8) is 0 Å². The minimum absolute atomic E-state index is 0.0931. The number of hydrogen-bond donors (Lipinski definition) is 1. The number of likely N-dealkylation sites (N-methyl/N-ethyl adjacent to an activating group) is 1. The van der Waals surface area contributed by atoms with Gasteiger partial charge in [-0.15, -0.1) is 0 Å². The van der Waals surface area contributed by atoms with Crippen molar-refractivity contribution in [3.8, 4) is 0 Å². The van der Waals surface area contributed by atoms with Crippen LogP contribution in [0.3, 0.4) is 0 Å². The normalized spacial score (nSPS) is 15.9. The van der Waals surface area contributed by atoms with Crippen LogP contribution >= 0.6 is 0 Å². The highest BCUT2D eigenvalue weighted by Crippen LogP contribution is 2.29. The molecule has 2 aromatic rings. The predicted molar refractivity (Wildman–Crippen MR) is 98.6 cm³/mol. The molecule has 1 fully saturated rings. The molecule has 1 aromatic heterocycles. The van der Waals surface area contributed by atoms with Crippen LogP contribution in [0, 0.1) is 5.82 Å². The van der Waals surface area contributed by atoms with E-state index in [1.54, 1.807) is 37.2 Å². The van der Waals surface area contributed by atoms with E-state index in [9.17, 15) is 14.0 Å². The molecule has 2 amide bonds. The third-order valence-electron chi connectivity index (χ3n) is 4.76. The van der Waals surface area contributed by atoms with E-state index in [4.69, 9.17) is 0 Å². The van der Waals surface area contributed by atoms with Gasteiger partial charge < -0.3 is 15.1 Å². The quantitative estimate of drug-likeness (QED) is 0.887. The number of nitrogens with zero attached hydrogens (tertiary/aromatic N) is 4. The molecule has 0 radical (unpaired) electrons. The number of amides is 2. The number of carbonyl (C=O) groups is 2. The largest absolute Gasteiger partial charge is 0.371 e. The topological polar surface area (TPSA) is 78.4 Å². The van der Waals surface area contributed by atoms with Crippen molar-refractivity contribution in [2.75, 3.05) is 32.5 Å². The van der Waals surface area contributed by atoms with Crippen molar-refractivity contribution in [2.24, 2.45) is 0 Å². The van der Waals surface area contributed by atoms with Crippen molar-refractivity contribution in [1.29, 1.82) is 0 Å². The lowest BCUT2D eigenvalue weighted by atomic mass is 9.85. The fraction of sp³-hybridized carbons (Fsp3) is 0.368. The Balaban J connectivity index is 1.78. The summed E-state index contributed by atoms with van der Waals surface area (Å²) in [4.78, 5) is 28.7. The zero-order chi connectivity index (χ0) is 19.4. The molecule has 142 valence electrons. The van der Waals surface area contributed by atoms with Gasteiger partial charge in [0.05, 0.1) is 18.0 Å². The smallest absolute Gasteiger partial charge is 0.255 e. The first-order valence-corrected chi connectivity index (χ1v) is 8.73. The average Bonchev–Trinajstić information content (AvgIpc) is 2.68. The maximum absolute atomic E-state index is 13.6. The molecule has 1 N–H and O–H groups in total. The minimum atomic E-state index is -0.884. The van der Waals surface area contributed by atoms with E-state index in [1.807, 2.05) is 0 Å². The van der Waals surface area contributed by atoms with Crippen LogP contribution in [0.2, 0.25) is 0 Å². The van der Waals surface area contributed by atoms with Gasteiger partial charge in [-0.05, 0) is 37.1 Å². The number of halogens is 1. The summed E-state index contributed by atoms with van der Waals surface area (Å²) in [6, 6.07) is 7.67. The lowest BCUT2D eigenvalue weighted by Gasteiger charge is -2.43. The number of benzene rings is 1. The molecule has 0 unspecified atom stereocenters. The predicted octanol–water partition coefficient (Wildman–Crippen LogP) is 1.79. The van der Waals surface area contributed by atoms with E-state index < -0.39 is 5.54 Å². The molecule has 7 nitrogen and oxygen atoms in total. The molecule has 0 bridgehead atoms. The molecule has 1 aliphatic rings. The highest BCUT2D eigenvalue weighted by Gasteiger charge is 2.43. The molecule has 8 heteroatoms. The molecule has 0 spiro atoms. The van der Waals surface area contributed by atoms with Gasteiger partial charge in [0.25, 0.3) is 5.91 Å². The Kier molecular flexibility index (Phi) is 5.34. The Bertz CT molecular complexity index is 820. The van der Waals surface area contributed by atoms with Crippen molar-refractivity contribution in [2.45, 2.75) is 18.4 Å². The van der Waals surface area contributed by atoms with Gasteiger partial charge in [0, 0.05) is 32.9 Å². The van der Waals surface area contributed by atoms with E-state index in [1.165, 1.54) is 29.4 Å². The number of likely N-dealkylation sites (tertiary alicyclic amines) is 1. The van der Waals surface area contributed by atoms with Crippen molar-refractivity contribution in [3.05, 3.63) is 54.1 Å². The molecule has 27 heavy (non-hydrogen) atoms. The first-order valence-electron chi connectivity index (χ1n) is 8.73. The summed E-state index contributed by atoms with van der Waals surface area (Å²) in [6.45, 7) is 0.812. The molecule has 1 aliphatic heterocycles. The van der Waals surface area contributed by atoms with Crippen LogP contribution in [0.15, 0.2) is 42.7 Å². The van der Waals surface area contributed by atoms with E-state index in [0.717, 1.165) is 0 Å². The summed E-state index contributed by atoms with van der Waals surface area (Å²) in [6.07, 6.45) is 3.75. The van der Waals surface area contributed by atoms with Gasteiger partial charge in [0.15, 0.2) is 0 Å². The van der Waals surface area contributed by atoms with Crippen molar-refractivity contribution in [1.82, 2.24) is 20.0 Å². The Morgan fingerprint density at radius 1 is 1.19 bits per heavy atom. The monoisotopic (exact) mass is 371 g/mol. The lowest BCUT2D eigenvalue weighted by Crippen LogP contribution is -2.58. The lowest BCUT2D eigenvalue weighted by molar-refractivity contribution is -0.135. The van der Waals surface area contributed by atoms with Crippen LogP contribution < -0.4 is 5.32 Å². The molecule has 1 saturated heterocycles. The van der Waals surface area contributed by atoms with Gasteiger partial charge in [0.1, 0.15) is 11.4 Å². The number of nitrogens with one attached hydrogen (secondary N) is 1. The summed E-state index contributed by atoms with van der Waals surface area (Å²) in [5.41, 5.74) is 0.128. The van der Waals surface area contributed by atoms with Crippen LogP contribution in [-0.4, -0.2) is 64.5 Å². The highest BCUT2D eigenvalue weighted by molar-refractivity contribution is 5.94. The molecular formula is C19H22FN5O2. The third-order valence-corrected chi connectivity index (χ3v) is 4.76.